The Morgan fingerprint density at radius 2 is 2.16 bits per heavy atom. The molecule has 4 rings (SSSR count). The minimum Gasteiger partial charge on any atom is -0.346 e. The molecule has 19 heavy (non-hydrogen) atoms. The maximum atomic E-state index is 13.3. The minimum atomic E-state index is -0.350. The Morgan fingerprint density at radius 3 is 3.11 bits per heavy atom. The van der Waals surface area contributed by atoms with Gasteiger partial charge in [0.05, 0.1) is 6.20 Å². The molecule has 0 aliphatic heterocycles. The zero-order valence-corrected chi connectivity index (χ0v) is 9.71. The Morgan fingerprint density at radius 1 is 1.21 bits per heavy atom. The van der Waals surface area contributed by atoms with Gasteiger partial charge in [0.1, 0.15) is 17.8 Å². The van der Waals surface area contributed by atoms with Crippen LogP contribution in [-0.2, 0) is 0 Å². The van der Waals surface area contributed by atoms with Gasteiger partial charge in [-0.15, -0.1) is 0 Å². The van der Waals surface area contributed by atoms with Gasteiger partial charge in [-0.1, -0.05) is 0 Å². The molecule has 5 nitrogen and oxygen atoms in total. The van der Waals surface area contributed by atoms with Crippen LogP contribution in [0, 0.1) is 5.82 Å². The van der Waals surface area contributed by atoms with Crippen LogP contribution < -0.4 is 0 Å². The van der Waals surface area contributed by atoms with Gasteiger partial charge in [-0.25, -0.2) is 18.9 Å². The summed E-state index contributed by atoms with van der Waals surface area (Å²) in [4.78, 5) is 11.2. The number of nitrogens with one attached hydrogen (secondary N) is 1. The lowest BCUT2D eigenvalue weighted by molar-refractivity contribution is 0.624. The quantitative estimate of drug-likeness (QED) is 0.566. The van der Waals surface area contributed by atoms with Gasteiger partial charge in [-0.3, -0.25) is 0 Å². The van der Waals surface area contributed by atoms with Crippen LogP contribution in [0.25, 0.3) is 27.8 Å². The van der Waals surface area contributed by atoms with Crippen LogP contribution in [0.2, 0.25) is 0 Å². The van der Waals surface area contributed by atoms with E-state index in [2.05, 4.69) is 20.1 Å². The fourth-order valence-electron chi connectivity index (χ4n) is 2.20. The number of aromatic nitrogens is 5. The second kappa shape index (κ2) is 3.61. The molecule has 4 aromatic rings. The topological polar surface area (TPSA) is 58.9 Å². The number of rotatable bonds is 1. The molecule has 92 valence electrons. The van der Waals surface area contributed by atoms with Crippen molar-refractivity contribution < 1.29 is 4.39 Å². The lowest BCUT2D eigenvalue weighted by Crippen LogP contribution is -1.87. The molecule has 0 fully saturated rings. The molecule has 6 heteroatoms. The Hall–Kier alpha value is -2.76. The summed E-state index contributed by atoms with van der Waals surface area (Å²) in [5, 5.41) is 4.80. The van der Waals surface area contributed by atoms with Crippen molar-refractivity contribution in [2.45, 2.75) is 0 Å². The second-order valence-electron chi connectivity index (χ2n) is 4.23. The number of aromatic amines is 1. The molecule has 0 saturated carbocycles. The summed E-state index contributed by atoms with van der Waals surface area (Å²) < 4.78 is 15.0. The van der Waals surface area contributed by atoms with Gasteiger partial charge in [-0.05, 0) is 23.8 Å². The highest BCUT2D eigenvalue weighted by molar-refractivity contribution is 5.93. The zero-order valence-electron chi connectivity index (χ0n) is 9.71. The van der Waals surface area contributed by atoms with Crippen LogP contribution >= 0.6 is 0 Å². The number of halogens is 1. The fraction of sp³-hybridized carbons (Fsp3) is 0. The highest BCUT2D eigenvalue weighted by Gasteiger charge is 2.09. The van der Waals surface area contributed by atoms with Crippen molar-refractivity contribution in [2.75, 3.05) is 0 Å². The standard InChI is InChI=1S/C13H8FN5/c14-9-4-10-11(6-16-13(10)15-5-9)8-1-2-19-12(3-8)17-7-18-19/h1-7H,(H,15,16). The normalized spacial score (nSPS) is 11.4. The van der Waals surface area contributed by atoms with Crippen LogP contribution in [0.5, 0.6) is 0 Å². The van der Waals surface area contributed by atoms with Gasteiger partial charge in [0.2, 0.25) is 0 Å². The van der Waals surface area contributed by atoms with E-state index in [1.165, 1.54) is 18.6 Å². The van der Waals surface area contributed by atoms with E-state index in [9.17, 15) is 4.39 Å². The summed E-state index contributed by atoms with van der Waals surface area (Å²) in [6.45, 7) is 0. The summed E-state index contributed by atoms with van der Waals surface area (Å²) in [6.07, 6.45) is 6.34. The van der Waals surface area contributed by atoms with Gasteiger partial charge in [0.25, 0.3) is 0 Å². The van der Waals surface area contributed by atoms with Crippen molar-refractivity contribution in [3.8, 4) is 11.1 Å². The summed E-state index contributed by atoms with van der Waals surface area (Å²) in [6, 6.07) is 5.29. The molecule has 0 atom stereocenters. The average Bonchev–Trinajstić information content (AvgIpc) is 3.03. The molecular formula is C13H8FN5. The fourth-order valence-corrected chi connectivity index (χ4v) is 2.20. The van der Waals surface area contributed by atoms with Crippen molar-refractivity contribution in [1.29, 1.82) is 0 Å². The van der Waals surface area contributed by atoms with E-state index in [0.29, 0.717) is 5.65 Å². The molecular weight excluding hydrogens is 245 g/mol. The average molecular weight is 253 g/mol. The molecule has 0 aromatic carbocycles. The molecule has 0 radical (unpaired) electrons. The van der Waals surface area contributed by atoms with E-state index >= 15 is 0 Å². The first-order valence-corrected chi connectivity index (χ1v) is 5.74. The zero-order chi connectivity index (χ0) is 12.8. The lowest BCUT2D eigenvalue weighted by Gasteiger charge is -2.00. The van der Waals surface area contributed by atoms with Crippen LogP contribution in [0.15, 0.2) is 43.1 Å². The molecule has 0 bridgehead atoms. The van der Waals surface area contributed by atoms with Crippen LogP contribution in [0.4, 0.5) is 4.39 Å². The van der Waals surface area contributed by atoms with Crippen molar-refractivity contribution in [2.24, 2.45) is 0 Å². The highest BCUT2D eigenvalue weighted by atomic mass is 19.1. The van der Waals surface area contributed by atoms with E-state index < -0.39 is 0 Å². The summed E-state index contributed by atoms with van der Waals surface area (Å²) in [7, 11) is 0. The van der Waals surface area contributed by atoms with Crippen LogP contribution in [-0.4, -0.2) is 24.6 Å². The van der Waals surface area contributed by atoms with Crippen molar-refractivity contribution in [1.82, 2.24) is 24.6 Å². The predicted molar refractivity (Wildman–Crippen MR) is 68.0 cm³/mol. The maximum Gasteiger partial charge on any atom is 0.155 e. The van der Waals surface area contributed by atoms with Crippen molar-refractivity contribution in [3.05, 3.63) is 48.9 Å². The summed E-state index contributed by atoms with van der Waals surface area (Å²) >= 11 is 0. The highest BCUT2D eigenvalue weighted by Crippen LogP contribution is 2.28. The summed E-state index contributed by atoms with van der Waals surface area (Å²) in [5.74, 6) is -0.350. The molecule has 0 aliphatic carbocycles. The molecule has 1 N–H and O–H groups in total. The first-order valence-electron chi connectivity index (χ1n) is 5.74. The Labute approximate surface area is 106 Å². The Bertz CT molecular complexity index is 892. The SMILES string of the molecule is Fc1cnc2[nH]cc(-c3ccn4ncnc4c3)c2c1. The molecule has 0 aliphatic rings. The second-order valence-corrected chi connectivity index (χ2v) is 4.23. The number of nitrogens with zero attached hydrogens (tertiary/aromatic N) is 4. The third kappa shape index (κ3) is 1.50. The lowest BCUT2D eigenvalue weighted by atomic mass is 10.1. The van der Waals surface area contributed by atoms with Crippen molar-refractivity contribution >= 4 is 16.7 Å². The molecule has 4 heterocycles. The third-order valence-electron chi connectivity index (χ3n) is 3.09. The number of pyridine rings is 2. The molecule has 0 spiro atoms. The first-order chi connectivity index (χ1) is 9.31. The number of fused-ring (bicyclic) bond motifs is 2. The van der Waals surface area contributed by atoms with Gasteiger partial charge < -0.3 is 4.98 Å². The molecule has 0 unspecified atom stereocenters. The van der Waals surface area contributed by atoms with E-state index in [1.807, 2.05) is 24.5 Å². The summed E-state index contributed by atoms with van der Waals surface area (Å²) in [5.41, 5.74) is 3.25. The number of hydrogen-bond acceptors (Lipinski definition) is 3. The molecule has 4 aromatic heterocycles. The Kier molecular flexibility index (Phi) is 1.94. The smallest absolute Gasteiger partial charge is 0.155 e. The molecule has 0 amide bonds. The van der Waals surface area contributed by atoms with Crippen LogP contribution in [0.3, 0.4) is 0 Å². The minimum absolute atomic E-state index is 0.350. The largest absolute Gasteiger partial charge is 0.346 e. The van der Waals surface area contributed by atoms with Gasteiger partial charge >= 0.3 is 0 Å². The van der Waals surface area contributed by atoms with Crippen molar-refractivity contribution in [3.63, 3.8) is 0 Å². The van der Waals surface area contributed by atoms with E-state index in [0.717, 1.165) is 22.2 Å². The molecule has 0 saturated heterocycles. The predicted octanol–water partition coefficient (Wildman–Crippen LogP) is 2.41. The van der Waals surface area contributed by atoms with Gasteiger partial charge in [0.15, 0.2) is 5.65 Å². The first kappa shape index (κ1) is 10.2. The number of hydrogen-bond donors (Lipinski definition) is 1. The number of H-pyrrole nitrogens is 1. The maximum absolute atomic E-state index is 13.3. The van der Waals surface area contributed by atoms with E-state index in [4.69, 9.17) is 0 Å². The van der Waals surface area contributed by atoms with Gasteiger partial charge in [-0.2, -0.15) is 5.10 Å². The third-order valence-corrected chi connectivity index (χ3v) is 3.09. The van der Waals surface area contributed by atoms with E-state index in [1.54, 1.807) is 4.52 Å². The van der Waals surface area contributed by atoms with Crippen LogP contribution in [0.1, 0.15) is 0 Å². The Balaban J connectivity index is 2.00. The van der Waals surface area contributed by atoms with E-state index in [-0.39, 0.29) is 5.82 Å². The van der Waals surface area contributed by atoms with Gasteiger partial charge in [0, 0.05) is 23.3 Å². The monoisotopic (exact) mass is 253 g/mol.